The molecule has 0 radical (unpaired) electrons. The number of carboxylic acids is 1. The summed E-state index contributed by atoms with van der Waals surface area (Å²) in [4.78, 5) is 10.2. The van der Waals surface area contributed by atoms with Gasteiger partial charge in [-0.2, -0.15) is 0 Å². The number of carbonyl (C=O) groups is 1. The molecule has 1 saturated heterocycles. The van der Waals surface area contributed by atoms with Gasteiger partial charge >= 0.3 is 5.97 Å². The van der Waals surface area contributed by atoms with E-state index in [9.17, 15) is 4.79 Å². The van der Waals surface area contributed by atoms with Crippen molar-refractivity contribution in [2.75, 3.05) is 19.0 Å². The fraction of sp³-hybridized carbons (Fsp3) is 0.857. The van der Waals surface area contributed by atoms with Gasteiger partial charge in [0.2, 0.25) is 0 Å². The zero-order chi connectivity index (χ0) is 8.10. The van der Waals surface area contributed by atoms with Gasteiger partial charge in [0.15, 0.2) is 0 Å². The van der Waals surface area contributed by atoms with Crippen molar-refractivity contribution in [3.63, 3.8) is 0 Å². The molecule has 0 aromatic heterocycles. The first-order chi connectivity index (χ1) is 5.29. The molecule has 0 spiro atoms. The molecule has 0 aliphatic carbocycles. The molecular weight excluding hydrogens is 164 g/mol. The zero-order valence-electron chi connectivity index (χ0n) is 6.28. The maximum absolute atomic E-state index is 10.2. The van der Waals surface area contributed by atoms with Crippen molar-refractivity contribution in [1.82, 2.24) is 0 Å². The summed E-state index contributed by atoms with van der Waals surface area (Å²) in [5.74, 6) is -0.533. The summed E-state index contributed by atoms with van der Waals surface area (Å²) in [7, 11) is 0. The number of hydrogen-bond donors (Lipinski definition) is 1. The molecule has 0 aromatic carbocycles. The molecule has 1 atom stereocenters. The van der Waals surface area contributed by atoms with E-state index in [1.54, 1.807) is 0 Å². The van der Waals surface area contributed by atoms with Crippen molar-refractivity contribution in [2.24, 2.45) is 0 Å². The van der Waals surface area contributed by atoms with Gasteiger partial charge in [-0.15, -0.1) is 11.8 Å². The highest BCUT2D eigenvalue weighted by atomic mass is 32.2. The van der Waals surface area contributed by atoms with Crippen LogP contribution in [-0.4, -0.2) is 35.3 Å². The maximum Gasteiger partial charge on any atom is 0.313 e. The van der Waals surface area contributed by atoms with E-state index in [0.717, 1.165) is 26.1 Å². The van der Waals surface area contributed by atoms with Crippen LogP contribution in [0.15, 0.2) is 0 Å². The number of aliphatic carboxylic acids is 1. The highest BCUT2D eigenvalue weighted by molar-refractivity contribution is 8.00. The minimum Gasteiger partial charge on any atom is -0.481 e. The molecule has 0 aromatic rings. The van der Waals surface area contributed by atoms with Gasteiger partial charge in [0.05, 0.1) is 12.4 Å². The van der Waals surface area contributed by atoms with E-state index in [-0.39, 0.29) is 5.75 Å². The van der Waals surface area contributed by atoms with E-state index >= 15 is 0 Å². The van der Waals surface area contributed by atoms with E-state index < -0.39 is 5.97 Å². The largest absolute Gasteiger partial charge is 0.481 e. The smallest absolute Gasteiger partial charge is 0.313 e. The number of ether oxygens (including phenoxy) is 1. The van der Waals surface area contributed by atoms with Crippen molar-refractivity contribution in [1.29, 1.82) is 0 Å². The quantitative estimate of drug-likeness (QED) is 0.696. The summed E-state index contributed by atoms with van der Waals surface area (Å²) in [6.07, 6.45) is 2.16. The Bertz CT molecular complexity index is 132. The summed E-state index contributed by atoms with van der Waals surface area (Å²) >= 11 is 1.48. The van der Waals surface area contributed by atoms with Gasteiger partial charge in [-0.3, -0.25) is 4.79 Å². The summed E-state index contributed by atoms with van der Waals surface area (Å²) in [6, 6.07) is 0. The molecule has 1 N–H and O–H groups in total. The number of rotatable bonds is 3. The Labute approximate surface area is 70.1 Å². The zero-order valence-corrected chi connectivity index (χ0v) is 7.10. The molecule has 0 bridgehead atoms. The van der Waals surface area contributed by atoms with Crippen LogP contribution in [0, 0.1) is 0 Å². The van der Waals surface area contributed by atoms with E-state index in [4.69, 9.17) is 9.84 Å². The van der Waals surface area contributed by atoms with E-state index in [1.165, 1.54) is 11.8 Å². The summed E-state index contributed by atoms with van der Waals surface area (Å²) in [5, 5.41) is 8.79. The first kappa shape index (κ1) is 8.87. The Hall–Kier alpha value is -0.220. The molecule has 1 aliphatic rings. The van der Waals surface area contributed by atoms with Crippen molar-refractivity contribution in [3.05, 3.63) is 0 Å². The van der Waals surface area contributed by atoms with Crippen LogP contribution in [0.5, 0.6) is 0 Å². The lowest BCUT2D eigenvalue weighted by Crippen LogP contribution is -2.20. The van der Waals surface area contributed by atoms with Crippen LogP contribution in [0.1, 0.15) is 12.8 Å². The first-order valence-electron chi connectivity index (χ1n) is 3.70. The summed E-state index contributed by atoms with van der Waals surface area (Å²) < 4.78 is 5.20. The van der Waals surface area contributed by atoms with Crippen molar-refractivity contribution < 1.29 is 14.6 Å². The number of thioether (sulfide) groups is 1. The van der Waals surface area contributed by atoms with Gasteiger partial charge in [0, 0.05) is 11.9 Å². The number of carboxylic acid groups (broad SMARTS) is 1. The third kappa shape index (κ3) is 3.62. The fourth-order valence-corrected chi connectivity index (χ4v) is 1.94. The SMILES string of the molecule is O=C(O)CSC1CCCOC1. The molecular formula is C7H12O3S. The van der Waals surface area contributed by atoms with E-state index in [2.05, 4.69) is 0 Å². The third-order valence-corrected chi connectivity index (χ3v) is 2.82. The van der Waals surface area contributed by atoms with Gasteiger partial charge in [0.25, 0.3) is 0 Å². The standard InChI is InChI=1S/C7H12O3S/c8-7(9)5-11-6-2-1-3-10-4-6/h6H,1-5H2,(H,8,9). The van der Waals surface area contributed by atoms with Crippen LogP contribution in [0.25, 0.3) is 0 Å². The second-order valence-corrected chi connectivity index (χ2v) is 3.83. The average molecular weight is 176 g/mol. The van der Waals surface area contributed by atoms with Gasteiger partial charge in [0.1, 0.15) is 0 Å². The van der Waals surface area contributed by atoms with Gasteiger partial charge in [-0.05, 0) is 12.8 Å². The molecule has 1 rings (SSSR count). The van der Waals surface area contributed by atoms with Crippen LogP contribution in [0.3, 0.4) is 0 Å². The lowest BCUT2D eigenvalue weighted by atomic mass is 10.2. The Kier molecular flexibility index (Phi) is 3.72. The summed E-state index contributed by atoms with van der Waals surface area (Å²) in [6.45, 7) is 1.56. The Morgan fingerprint density at radius 2 is 2.55 bits per heavy atom. The average Bonchev–Trinajstić information content (AvgIpc) is 2.03. The molecule has 4 heteroatoms. The van der Waals surface area contributed by atoms with Crippen molar-refractivity contribution in [2.45, 2.75) is 18.1 Å². The predicted octanol–water partition coefficient (Wildman–Crippen LogP) is 0.983. The van der Waals surface area contributed by atoms with Crippen LogP contribution in [0.4, 0.5) is 0 Å². The predicted molar refractivity (Wildman–Crippen MR) is 43.9 cm³/mol. The molecule has 1 fully saturated rings. The van der Waals surface area contributed by atoms with Crippen LogP contribution < -0.4 is 0 Å². The highest BCUT2D eigenvalue weighted by Gasteiger charge is 2.14. The van der Waals surface area contributed by atoms with Crippen molar-refractivity contribution >= 4 is 17.7 Å². The molecule has 0 amide bonds. The normalized spacial score (nSPS) is 24.9. The second kappa shape index (κ2) is 4.62. The lowest BCUT2D eigenvalue weighted by molar-refractivity contribution is -0.133. The molecule has 64 valence electrons. The molecule has 0 saturated carbocycles. The Morgan fingerprint density at radius 3 is 3.09 bits per heavy atom. The molecule has 1 heterocycles. The third-order valence-electron chi connectivity index (χ3n) is 1.56. The first-order valence-corrected chi connectivity index (χ1v) is 4.75. The lowest BCUT2D eigenvalue weighted by Gasteiger charge is -2.20. The molecule has 1 aliphatic heterocycles. The van der Waals surface area contributed by atoms with E-state index in [0.29, 0.717) is 5.25 Å². The Balaban J connectivity index is 2.09. The highest BCUT2D eigenvalue weighted by Crippen LogP contribution is 2.20. The second-order valence-electron chi connectivity index (χ2n) is 2.54. The van der Waals surface area contributed by atoms with Gasteiger partial charge in [-0.25, -0.2) is 0 Å². The van der Waals surface area contributed by atoms with Gasteiger partial charge < -0.3 is 9.84 Å². The Morgan fingerprint density at radius 1 is 1.73 bits per heavy atom. The molecule has 3 nitrogen and oxygen atoms in total. The maximum atomic E-state index is 10.2. The molecule has 11 heavy (non-hydrogen) atoms. The molecule has 1 unspecified atom stereocenters. The monoisotopic (exact) mass is 176 g/mol. The minimum atomic E-state index is -0.736. The topological polar surface area (TPSA) is 46.5 Å². The van der Waals surface area contributed by atoms with Crippen LogP contribution in [-0.2, 0) is 9.53 Å². The summed E-state index contributed by atoms with van der Waals surface area (Å²) in [5.41, 5.74) is 0. The minimum absolute atomic E-state index is 0.202. The van der Waals surface area contributed by atoms with Crippen molar-refractivity contribution in [3.8, 4) is 0 Å². The van der Waals surface area contributed by atoms with Gasteiger partial charge in [-0.1, -0.05) is 0 Å². The van der Waals surface area contributed by atoms with Crippen LogP contribution in [0.2, 0.25) is 0 Å². The van der Waals surface area contributed by atoms with Crippen LogP contribution >= 0.6 is 11.8 Å². The number of hydrogen-bond acceptors (Lipinski definition) is 3. The van der Waals surface area contributed by atoms with E-state index in [1.807, 2.05) is 0 Å². The fourth-order valence-electron chi connectivity index (χ4n) is 1.03.